The molecule has 0 spiro atoms. The summed E-state index contributed by atoms with van der Waals surface area (Å²) in [6.07, 6.45) is -4.34. The summed E-state index contributed by atoms with van der Waals surface area (Å²) in [6.45, 7) is 6.60. The molecule has 198 valence electrons. The lowest BCUT2D eigenvalue weighted by Crippen LogP contribution is -2.19. The first-order chi connectivity index (χ1) is 17.0. The van der Waals surface area contributed by atoms with E-state index in [0.717, 1.165) is 18.2 Å². The monoisotopic (exact) mass is 532 g/mol. The van der Waals surface area contributed by atoms with Crippen molar-refractivity contribution in [3.8, 4) is 17.2 Å². The first-order valence-electron chi connectivity index (χ1n) is 11.1. The Morgan fingerprint density at radius 3 is 1.86 bits per heavy atom. The van der Waals surface area contributed by atoms with Gasteiger partial charge in [-0.2, -0.15) is 13.2 Å². The molecule has 0 aromatic heterocycles. The maximum Gasteiger partial charge on any atom is 0.529 e. The number of hydrogen-bond acceptors (Lipinski definition) is 8. The summed E-state index contributed by atoms with van der Waals surface area (Å²) in [5.74, 6) is 0.0426. The Hall–Kier alpha value is -3.01. The number of phosphoric acid groups is 1. The minimum absolute atomic E-state index is 0.0413. The number of hydrogen-bond donors (Lipinski definition) is 0. The van der Waals surface area contributed by atoms with Gasteiger partial charge in [0.2, 0.25) is 0 Å². The van der Waals surface area contributed by atoms with Crippen molar-refractivity contribution in [1.29, 1.82) is 0 Å². The van der Waals surface area contributed by atoms with E-state index >= 15 is 0 Å². The van der Waals surface area contributed by atoms with E-state index in [1.54, 1.807) is 52.0 Å². The van der Waals surface area contributed by atoms with Crippen LogP contribution in [0, 0.1) is 0 Å². The van der Waals surface area contributed by atoms with Gasteiger partial charge in [-0.15, -0.1) is 0 Å². The summed E-state index contributed by atoms with van der Waals surface area (Å²) in [7, 11) is -4.02. The van der Waals surface area contributed by atoms with Crippen LogP contribution in [0.5, 0.6) is 17.2 Å². The molecular weight excluding hydrogens is 504 g/mol. The van der Waals surface area contributed by atoms with Gasteiger partial charge < -0.3 is 18.7 Å². The van der Waals surface area contributed by atoms with Crippen LogP contribution in [0.3, 0.4) is 0 Å². The molecule has 8 nitrogen and oxygen atoms in total. The maximum atomic E-state index is 12.8. The zero-order chi connectivity index (χ0) is 26.8. The molecule has 1 atom stereocenters. The highest BCUT2D eigenvalue weighted by molar-refractivity contribution is 7.48. The SMILES string of the molecule is CCOC(=O)/C=C(\OP(=O)(OCC)OCC)C(C)Oc1ccc(Oc2ccc(C(F)(F)F)cc2)cc1. The van der Waals surface area contributed by atoms with Crippen LogP contribution in [0.4, 0.5) is 13.2 Å². The fourth-order valence-electron chi connectivity index (χ4n) is 2.75. The van der Waals surface area contributed by atoms with Crippen LogP contribution < -0.4 is 9.47 Å². The second kappa shape index (κ2) is 13.3. The van der Waals surface area contributed by atoms with Crippen molar-refractivity contribution in [2.45, 2.75) is 40.0 Å². The van der Waals surface area contributed by atoms with Gasteiger partial charge in [-0.3, -0.25) is 9.05 Å². The molecule has 0 aliphatic heterocycles. The summed E-state index contributed by atoms with van der Waals surface area (Å²) in [6, 6.07) is 10.5. The van der Waals surface area contributed by atoms with E-state index in [0.29, 0.717) is 11.5 Å². The molecular formula is C24H28F3O8P. The highest BCUT2D eigenvalue weighted by atomic mass is 31.2. The Kier molecular flexibility index (Phi) is 10.8. The topological polar surface area (TPSA) is 89.5 Å². The third kappa shape index (κ3) is 9.22. The van der Waals surface area contributed by atoms with Crippen LogP contribution in [0.15, 0.2) is 60.4 Å². The summed E-state index contributed by atoms with van der Waals surface area (Å²) in [4.78, 5) is 12.0. The van der Waals surface area contributed by atoms with E-state index in [1.807, 2.05) is 0 Å². The van der Waals surface area contributed by atoms with Crippen LogP contribution in [0.25, 0.3) is 0 Å². The van der Waals surface area contributed by atoms with Gasteiger partial charge in [0.1, 0.15) is 17.2 Å². The molecule has 0 aliphatic carbocycles. The lowest BCUT2D eigenvalue weighted by molar-refractivity contribution is -0.138. The molecule has 12 heteroatoms. The Morgan fingerprint density at radius 2 is 1.39 bits per heavy atom. The lowest BCUT2D eigenvalue weighted by atomic mass is 10.2. The quantitative estimate of drug-likeness (QED) is 0.119. The average molecular weight is 532 g/mol. The van der Waals surface area contributed by atoms with E-state index < -0.39 is 31.6 Å². The molecule has 0 N–H and O–H groups in total. The fraction of sp³-hybridized carbons (Fsp3) is 0.375. The number of alkyl halides is 3. The van der Waals surface area contributed by atoms with Crippen molar-refractivity contribution in [3.05, 3.63) is 65.9 Å². The molecule has 1 unspecified atom stereocenters. The van der Waals surface area contributed by atoms with Crippen LogP contribution in [-0.2, 0) is 33.8 Å². The molecule has 2 rings (SSSR count). The third-order valence-corrected chi connectivity index (χ3v) is 5.88. The van der Waals surface area contributed by atoms with Crippen molar-refractivity contribution in [2.24, 2.45) is 0 Å². The van der Waals surface area contributed by atoms with E-state index in [4.69, 9.17) is 27.8 Å². The van der Waals surface area contributed by atoms with Gasteiger partial charge in [-0.05, 0) is 76.2 Å². The molecule has 2 aromatic carbocycles. The molecule has 0 aliphatic rings. The molecule has 0 amide bonds. The number of halogens is 3. The number of phosphoric ester groups is 1. The average Bonchev–Trinajstić information content (AvgIpc) is 2.80. The standard InChI is InChI=1S/C24H28F3O8P/c1-5-30-23(28)16-22(35-36(29,31-6-2)32-7-3)17(4)33-19-12-14-21(15-13-19)34-20-10-8-18(9-11-20)24(25,26)27/h8-17H,5-7H2,1-4H3/b22-16-. The van der Waals surface area contributed by atoms with Gasteiger partial charge in [0, 0.05) is 0 Å². The Morgan fingerprint density at radius 1 is 0.889 bits per heavy atom. The lowest BCUT2D eigenvalue weighted by Gasteiger charge is -2.23. The van der Waals surface area contributed by atoms with Crippen LogP contribution in [0.2, 0.25) is 0 Å². The summed E-state index contributed by atoms with van der Waals surface area (Å²) in [5, 5.41) is 0. The number of carbonyl (C=O) groups excluding carboxylic acids is 1. The van der Waals surface area contributed by atoms with Crippen LogP contribution >= 0.6 is 7.82 Å². The van der Waals surface area contributed by atoms with Crippen molar-refractivity contribution < 1.29 is 50.3 Å². The number of benzene rings is 2. The minimum atomic E-state index is -4.43. The molecule has 0 heterocycles. The van der Waals surface area contributed by atoms with E-state index in [-0.39, 0.29) is 31.3 Å². The minimum Gasteiger partial charge on any atom is -0.483 e. The van der Waals surface area contributed by atoms with Gasteiger partial charge in [0.05, 0.1) is 31.5 Å². The highest BCUT2D eigenvalue weighted by Gasteiger charge is 2.32. The smallest absolute Gasteiger partial charge is 0.483 e. The molecule has 36 heavy (non-hydrogen) atoms. The molecule has 0 radical (unpaired) electrons. The molecule has 0 fully saturated rings. The van der Waals surface area contributed by atoms with Gasteiger partial charge in [0.25, 0.3) is 0 Å². The Balaban J connectivity index is 2.14. The number of carbonyl (C=O) groups is 1. The van der Waals surface area contributed by atoms with Gasteiger partial charge in [-0.25, -0.2) is 9.36 Å². The van der Waals surface area contributed by atoms with Crippen LogP contribution in [-0.4, -0.2) is 31.9 Å². The highest BCUT2D eigenvalue weighted by Crippen LogP contribution is 2.51. The number of rotatable bonds is 13. The van der Waals surface area contributed by atoms with Gasteiger partial charge in [0.15, 0.2) is 11.9 Å². The van der Waals surface area contributed by atoms with Gasteiger partial charge >= 0.3 is 20.0 Å². The maximum absolute atomic E-state index is 12.8. The van der Waals surface area contributed by atoms with E-state index in [2.05, 4.69) is 0 Å². The van der Waals surface area contributed by atoms with Gasteiger partial charge in [-0.1, -0.05) is 0 Å². The first-order valence-corrected chi connectivity index (χ1v) is 12.5. The second-order valence-corrected chi connectivity index (χ2v) is 8.62. The van der Waals surface area contributed by atoms with E-state index in [1.165, 1.54) is 12.1 Å². The van der Waals surface area contributed by atoms with Crippen molar-refractivity contribution in [2.75, 3.05) is 19.8 Å². The predicted octanol–water partition coefficient (Wildman–Crippen LogP) is 6.91. The van der Waals surface area contributed by atoms with Crippen molar-refractivity contribution in [3.63, 3.8) is 0 Å². The Bertz CT molecular complexity index is 1040. The Labute approximate surface area is 207 Å². The normalized spacial score (nSPS) is 13.1. The molecule has 0 saturated carbocycles. The number of ether oxygens (including phenoxy) is 3. The van der Waals surface area contributed by atoms with Crippen molar-refractivity contribution in [1.82, 2.24) is 0 Å². The molecule has 0 bridgehead atoms. The summed E-state index contributed by atoms with van der Waals surface area (Å²) < 4.78 is 82.9. The zero-order valence-electron chi connectivity index (χ0n) is 20.2. The largest absolute Gasteiger partial charge is 0.529 e. The summed E-state index contributed by atoms with van der Waals surface area (Å²) in [5.41, 5.74) is -0.778. The van der Waals surface area contributed by atoms with E-state index in [9.17, 15) is 22.5 Å². The zero-order valence-corrected chi connectivity index (χ0v) is 21.1. The first kappa shape index (κ1) is 29.2. The predicted molar refractivity (Wildman–Crippen MR) is 125 cm³/mol. The summed E-state index contributed by atoms with van der Waals surface area (Å²) >= 11 is 0. The molecule has 0 saturated heterocycles. The third-order valence-electron chi connectivity index (χ3n) is 4.29. The van der Waals surface area contributed by atoms with Crippen molar-refractivity contribution >= 4 is 13.8 Å². The molecule has 2 aromatic rings. The van der Waals surface area contributed by atoms with Crippen LogP contribution in [0.1, 0.15) is 33.3 Å². The number of esters is 1. The second-order valence-electron chi connectivity index (χ2n) is 7.03. The fourth-order valence-corrected chi connectivity index (χ4v) is 4.02.